The largest absolute Gasteiger partial charge is 0.493 e. The first-order chi connectivity index (χ1) is 32.1. The molecule has 0 saturated carbocycles. The third-order valence-corrected chi connectivity index (χ3v) is 14.6. The minimum atomic E-state index is -0.243. The first kappa shape index (κ1) is 56.2. The van der Waals surface area contributed by atoms with E-state index in [1.165, 1.54) is 11.1 Å². The highest BCUT2D eigenvalue weighted by molar-refractivity contribution is 9.11. The molecule has 0 heterocycles. The van der Waals surface area contributed by atoms with Gasteiger partial charge in [-0.3, -0.25) is 0 Å². The predicted molar refractivity (Wildman–Crippen MR) is 306 cm³/mol. The van der Waals surface area contributed by atoms with E-state index < -0.39 is 0 Å². The lowest BCUT2D eigenvalue weighted by molar-refractivity contribution is 0.409. The topological polar surface area (TPSA) is 59.1 Å². The lowest BCUT2D eigenvalue weighted by atomic mass is 9.85. The SMILES string of the molecule is COc1c(Br)cc(C(C)(C)C)cc1N(C)c1cc(C(C)(C)C)cc(N(C)c2cc(C(C)(C)C)cc(N(C)c3cc(C(C)(C)C)cc(N(C)c4cc(C(C)(C)C)cc(Br)c4OC)c3OC)c2OC)c1OC. The number of nitrogens with zero attached hydrogens (tertiary/aromatic N) is 4. The van der Waals surface area contributed by atoms with E-state index in [1.807, 2.05) is 0 Å². The number of hydrogen-bond acceptors (Lipinski definition) is 9. The number of ether oxygens (including phenoxy) is 5. The van der Waals surface area contributed by atoms with Gasteiger partial charge in [0.25, 0.3) is 0 Å². The first-order valence-electron chi connectivity index (χ1n) is 24.0. The number of methoxy groups -OCH3 is 5. The van der Waals surface area contributed by atoms with Gasteiger partial charge >= 0.3 is 0 Å². The molecule has 382 valence electrons. The monoisotopic (exact) mass is 1080 g/mol. The van der Waals surface area contributed by atoms with Crippen LogP contribution in [-0.4, -0.2) is 63.7 Å². The van der Waals surface area contributed by atoms with E-state index in [9.17, 15) is 0 Å². The summed E-state index contributed by atoms with van der Waals surface area (Å²) in [6.07, 6.45) is 0. The highest BCUT2D eigenvalue weighted by Gasteiger charge is 2.33. The third-order valence-electron chi connectivity index (χ3n) is 13.4. The fraction of sp³-hybridized carbons (Fsp3) is 0.492. The molecule has 0 atom stereocenters. The molecular formula is C59H82Br2N4O5. The summed E-state index contributed by atoms with van der Waals surface area (Å²) in [6, 6.07) is 22.2. The van der Waals surface area contributed by atoms with Crippen molar-refractivity contribution < 1.29 is 23.7 Å². The number of anilines is 8. The van der Waals surface area contributed by atoms with E-state index in [1.54, 1.807) is 35.5 Å². The smallest absolute Gasteiger partial charge is 0.166 e. The van der Waals surface area contributed by atoms with Crippen LogP contribution in [0.2, 0.25) is 0 Å². The summed E-state index contributed by atoms with van der Waals surface area (Å²) in [4.78, 5) is 8.79. The van der Waals surface area contributed by atoms with Crippen molar-refractivity contribution in [2.75, 3.05) is 83.3 Å². The van der Waals surface area contributed by atoms with E-state index >= 15 is 0 Å². The molecule has 0 aliphatic rings. The van der Waals surface area contributed by atoms with Crippen LogP contribution in [0.5, 0.6) is 28.7 Å². The van der Waals surface area contributed by atoms with Gasteiger partial charge in [0.05, 0.1) is 90.0 Å². The summed E-state index contributed by atoms with van der Waals surface area (Å²) >= 11 is 7.70. The van der Waals surface area contributed by atoms with Crippen LogP contribution in [0.4, 0.5) is 45.5 Å². The summed E-state index contributed by atoms with van der Waals surface area (Å²) < 4.78 is 33.6. The van der Waals surface area contributed by atoms with Crippen molar-refractivity contribution in [1.29, 1.82) is 0 Å². The van der Waals surface area contributed by atoms with Gasteiger partial charge in [0.15, 0.2) is 28.7 Å². The lowest BCUT2D eigenvalue weighted by Gasteiger charge is -2.35. The second-order valence-electron chi connectivity index (χ2n) is 23.7. The Bertz CT molecular complexity index is 2540. The molecule has 5 rings (SSSR count). The molecule has 0 saturated heterocycles. The second kappa shape index (κ2) is 20.4. The van der Waals surface area contributed by atoms with Crippen LogP contribution in [0, 0.1) is 0 Å². The summed E-state index contributed by atoms with van der Waals surface area (Å²) in [5.41, 5.74) is 12.0. The number of benzene rings is 5. The molecule has 5 aromatic carbocycles. The van der Waals surface area contributed by atoms with Crippen LogP contribution >= 0.6 is 31.9 Å². The molecule has 11 heteroatoms. The van der Waals surface area contributed by atoms with Gasteiger partial charge in [-0.2, -0.15) is 0 Å². The van der Waals surface area contributed by atoms with Crippen molar-refractivity contribution in [1.82, 2.24) is 0 Å². The zero-order chi connectivity index (χ0) is 53.0. The molecule has 0 amide bonds. The fourth-order valence-electron chi connectivity index (χ4n) is 8.66. The number of halogens is 2. The minimum Gasteiger partial charge on any atom is -0.493 e. The molecule has 0 aromatic heterocycles. The maximum atomic E-state index is 6.61. The highest BCUT2D eigenvalue weighted by Crippen LogP contribution is 2.54. The minimum absolute atomic E-state index is 0.106. The molecule has 0 aliphatic carbocycles. The highest BCUT2D eigenvalue weighted by atomic mass is 79.9. The van der Waals surface area contributed by atoms with E-state index in [2.05, 4.69) is 244 Å². The van der Waals surface area contributed by atoms with Crippen LogP contribution in [0.25, 0.3) is 0 Å². The Morgan fingerprint density at radius 3 is 0.557 bits per heavy atom. The summed E-state index contributed by atoms with van der Waals surface area (Å²) in [6.45, 7) is 33.6. The third kappa shape index (κ3) is 11.3. The molecule has 0 bridgehead atoms. The molecular weight excluding hydrogens is 1000 g/mol. The molecule has 70 heavy (non-hydrogen) atoms. The van der Waals surface area contributed by atoms with Crippen molar-refractivity contribution >= 4 is 77.4 Å². The zero-order valence-corrected chi connectivity index (χ0v) is 50.0. The summed E-state index contributed by atoms with van der Waals surface area (Å²) in [5, 5.41) is 0. The summed E-state index contributed by atoms with van der Waals surface area (Å²) in [5.74, 6) is 3.60. The van der Waals surface area contributed by atoms with E-state index in [-0.39, 0.29) is 27.1 Å². The number of hydrogen-bond donors (Lipinski definition) is 0. The molecule has 0 radical (unpaired) electrons. The van der Waals surface area contributed by atoms with Crippen molar-refractivity contribution in [2.24, 2.45) is 0 Å². The predicted octanol–water partition coefficient (Wildman–Crippen LogP) is 16.8. The van der Waals surface area contributed by atoms with Crippen molar-refractivity contribution in [3.63, 3.8) is 0 Å². The van der Waals surface area contributed by atoms with Crippen molar-refractivity contribution in [3.8, 4) is 28.7 Å². The quantitative estimate of drug-likeness (QED) is 0.115. The van der Waals surface area contributed by atoms with Crippen LogP contribution in [0.3, 0.4) is 0 Å². The fourth-order valence-corrected chi connectivity index (χ4v) is 9.89. The average Bonchev–Trinajstić information content (AvgIpc) is 3.26. The molecule has 5 aromatic rings. The van der Waals surface area contributed by atoms with Gasteiger partial charge in [0, 0.05) is 28.2 Å². The second-order valence-corrected chi connectivity index (χ2v) is 25.4. The maximum absolute atomic E-state index is 6.61. The van der Waals surface area contributed by atoms with Crippen LogP contribution in [0.15, 0.2) is 69.6 Å². The standard InChI is InChI=1S/C59H82Br2N4O5/c1-55(2,3)35-25-40(60)50(66-20)42(27-35)62(16)44-29-37(57(7,8)9)31-46(52(44)68-22)64(18)48-33-39(59(13,14)15)34-49(54(48)70-24)65(19)47-32-38(58(10,11)12)30-45(53(47)69-23)63(17)43-28-36(56(4,5)6)26-41(61)51(43)67-21/h25-34H,1-24H3. The van der Waals surface area contributed by atoms with Crippen LogP contribution in [0.1, 0.15) is 132 Å². The number of rotatable bonds is 13. The van der Waals surface area contributed by atoms with Gasteiger partial charge in [-0.15, -0.1) is 0 Å². The molecule has 0 fully saturated rings. The van der Waals surface area contributed by atoms with Crippen molar-refractivity contribution in [3.05, 3.63) is 97.4 Å². The molecule has 9 nitrogen and oxygen atoms in total. The Labute approximate surface area is 439 Å². The Hall–Kier alpha value is -4.74. The first-order valence-corrected chi connectivity index (χ1v) is 25.6. The van der Waals surface area contributed by atoms with Crippen LogP contribution < -0.4 is 43.3 Å². The normalized spacial score (nSPS) is 12.4. The Morgan fingerprint density at radius 2 is 0.414 bits per heavy atom. The van der Waals surface area contributed by atoms with Crippen LogP contribution in [-0.2, 0) is 27.1 Å². The average molecular weight is 1090 g/mol. The molecule has 0 aliphatic heterocycles. The van der Waals surface area contributed by atoms with E-state index in [0.29, 0.717) is 17.2 Å². The van der Waals surface area contributed by atoms with Gasteiger partial charge in [-0.05, 0) is 147 Å². The maximum Gasteiger partial charge on any atom is 0.166 e. The van der Waals surface area contributed by atoms with Gasteiger partial charge < -0.3 is 43.3 Å². The molecule has 0 N–H and O–H groups in total. The Balaban J connectivity index is 1.85. The van der Waals surface area contributed by atoms with Gasteiger partial charge in [-0.1, -0.05) is 104 Å². The van der Waals surface area contributed by atoms with E-state index in [4.69, 9.17) is 23.7 Å². The van der Waals surface area contributed by atoms with Gasteiger partial charge in [-0.25, -0.2) is 0 Å². The van der Waals surface area contributed by atoms with Gasteiger partial charge in [0.2, 0.25) is 0 Å². The Morgan fingerprint density at radius 1 is 0.271 bits per heavy atom. The lowest BCUT2D eigenvalue weighted by Crippen LogP contribution is -2.23. The Kier molecular flexibility index (Phi) is 16.4. The van der Waals surface area contributed by atoms with E-state index in [0.717, 1.165) is 82.6 Å². The molecule has 0 spiro atoms. The molecule has 0 unspecified atom stereocenters. The summed E-state index contributed by atoms with van der Waals surface area (Å²) in [7, 11) is 17.1. The van der Waals surface area contributed by atoms with Gasteiger partial charge in [0.1, 0.15) is 0 Å². The zero-order valence-electron chi connectivity index (χ0n) is 46.9. The van der Waals surface area contributed by atoms with Crippen molar-refractivity contribution in [2.45, 2.75) is 131 Å².